The van der Waals surface area contributed by atoms with Gasteiger partial charge in [-0.15, -0.1) is 0 Å². The van der Waals surface area contributed by atoms with Gasteiger partial charge in [0, 0.05) is 21.8 Å². The normalized spacial score (nSPS) is 17.6. The highest BCUT2D eigenvalue weighted by atomic mass is 32.2. The second-order valence-electron chi connectivity index (χ2n) is 4.62. The zero-order chi connectivity index (χ0) is 13.0. The first-order chi connectivity index (χ1) is 8.70. The van der Waals surface area contributed by atoms with Crippen molar-refractivity contribution < 1.29 is 13.7 Å². The number of ether oxygens (including phenoxy) is 1. The number of carbonyl (C=O) groups is 1. The Morgan fingerprint density at radius 2 is 1.89 bits per heavy atom. The van der Waals surface area contributed by atoms with E-state index in [2.05, 4.69) is 4.74 Å². The predicted octanol–water partition coefficient (Wildman–Crippen LogP) is 2.66. The molecule has 1 aromatic rings. The minimum Gasteiger partial charge on any atom is -0.465 e. The molecule has 0 N–H and O–H groups in total. The molecule has 1 aliphatic rings. The van der Waals surface area contributed by atoms with Crippen LogP contribution in [0.4, 0.5) is 0 Å². The molecule has 0 spiro atoms. The van der Waals surface area contributed by atoms with Crippen molar-refractivity contribution in [1.29, 1.82) is 0 Å². The highest BCUT2D eigenvalue weighted by Gasteiger charge is 2.21. The molecule has 1 atom stereocenters. The third kappa shape index (κ3) is 3.19. The molecule has 4 heteroatoms. The lowest BCUT2D eigenvalue weighted by atomic mass is 10.1. The Morgan fingerprint density at radius 3 is 2.44 bits per heavy atom. The first-order valence-corrected chi connectivity index (χ1v) is 7.63. The SMILES string of the molecule is COC(=O)c1ccc(CS(=O)C2CCCC2)cc1. The molecule has 0 amide bonds. The first-order valence-electron chi connectivity index (χ1n) is 6.25. The van der Waals surface area contributed by atoms with Gasteiger partial charge in [-0.3, -0.25) is 4.21 Å². The quantitative estimate of drug-likeness (QED) is 0.787. The molecule has 0 saturated heterocycles. The van der Waals surface area contributed by atoms with Crippen LogP contribution in [0, 0.1) is 0 Å². The van der Waals surface area contributed by atoms with Gasteiger partial charge in [0.15, 0.2) is 0 Å². The fourth-order valence-electron chi connectivity index (χ4n) is 2.29. The smallest absolute Gasteiger partial charge is 0.337 e. The number of hydrogen-bond acceptors (Lipinski definition) is 3. The Labute approximate surface area is 110 Å². The molecule has 0 heterocycles. The minimum atomic E-state index is -0.782. The maximum atomic E-state index is 12.1. The van der Waals surface area contributed by atoms with Gasteiger partial charge in [-0.05, 0) is 30.5 Å². The largest absolute Gasteiger partial charge is 0.465 e. The van der Waals surface area contributed by atoms with Crippen molar-refractivity contribution in [2.45, 2.75) is 36.7 Å². The van der Waals surface area contributed by atoms with E-state index in [0.717, 1.165) is 18.4 Å². The van der Waals surface area contributed by atoms with Crippen LogP contribution in [0.2, 0.25) is 0 Å². The second-order valence-corrected chi connectivity index (χ2v) is 6.34. The van der Waals surface area contributed by atoms with E-state index in [4.69, 9.17) is 0 Å². The van der Waals surface area contributed by atoms with Crippen LogP contribution in [-0.2, 0) is 21.3 Å². The number of esters is 1. The molecule has 0 aliphatic heterocycles. The predicted molar refractivity (Wildman–Crippen MR) is 71.9 cm³/mol. The molecule has 0 bridgehead atoms. The van der Waals surface area contributed by atoms with Gasteiger partial charge in [-0.2, -0.15) is 0 Å². The topological polar surface area (TPSA) is 43.4 Å². The molecule has 1 aliphatic carbocycles. The molecule has 1 saturated carbocycles. The van der Waals surface area contributed by atoms with Crippen LogP contribution in [0.15, 0.2) is 24.3 Å². The highest BCUT2D eigenvalue weighted by Crippen LogP contribution is 2.24. The van der Waals surface area contributed by atoms with Gasteiger partial charge in [-0.1, -0.05) is 25.0 Å². The number of rotatable bonds is 4. The summed E-state index contributed by atoms with van der Waals surface area (Å²) in [5, 5.41) is 0.366. The Balaban J connectivity index is 1.97. The molecule has 1 unspecified atom stereocenters. The van der Waals surface area contributed by atoms with Crippen molar-refractivity contribution in [3.05, 3.63) is 35.4 Å². The average molecular weight is 266 g/mol. The van der Waals surface area contributed by atoms with Crippen molar-refractivity contribution >= 4 is 16.8 Å². The van der Waals surface area contributed by atoms with Crippen molar-refractivity contribution in [1.82, 2.24) is 0 Å². The van der Waals surface area contributed by atoms with E-state index < -0.39 is 10.8 Å². The number of methoxy groups -OCH3 is 1. The summed E-state index contributed by atoms with van der Waals surface area (Å²) < 4.78 is 16.7. The third-order valence-electron chi connectivity index (χ3n) is 3.36. The van der Waals surface area contributed by atoms with E-state index in [1.807, 2.05) is 12.1 Å². The van der Waals surface area contributed by atoms with Gasteiger partial charge in [0.1, 0.15) is 0 Å². The first kappa shape index (κ1) is 13.3. The van der Waals surface area contributed by atoms with Crippen LogP contribution >= 0.6 is 0 Å². The lowest BCUT2D eigenvalue weighted by Gasteiger charge is -2.09. The van der Waals surface area contributed by atoms with Crippen LogP contribution in [0.5, 0.6) is 0 Å². The standard InChI is InChI=1S/C14H18O3S/c1-17-14(15)12-8-6-11(7-9-12)10-18(16)13-4-2-3-5-13/h6-9,13H,2-5,10H2,1H3. The monoisotopic (exact) mass is 266 g/mol. The van der Waals surface area contributed by atoms with Crippen LogP contribution in [0.1, 0.15) is 41.6 Å². The molecule has 0 radical (unpaired) electrons. The molecule has 0 aromatic heterocycles. The Morgan fingerprint density at radius 1 is 1.28 bits per heavy atom. The summed E-state index contributed by atoms with van der Waals surface area (Å²) in [5.41, 5.74) is 1.56. The fraction of sp³-hybridized carbons (Fsp3) is 0.500. The Bertz CT molecular complexity index is 433. The zero-order valence-corrected chi connectivity index (χ0v) is 11.4. The van der Waals surface area contributed by atoms with Gasteiger partial charge >= 0.3 is 5.97 Å². The van der Waals surface area contributed by atoms with E-state index in [1.54, 1.807) is 12.1 Å². The number of carbonyl (C=O) groups excluding carboxylic acids is 1. The second kappa shape index (κ2) is 6.14. The van der Waals surface area contributed by atoms with Crippen molar-refractivity contribution in [3.8, 4) is 0 Å². The molecular weight excluding hydrogens is 248 g/mol. The average Bonchev–Trinajstić information content (AvgIpc) is 2.92. The number of hydrogen-bond donors (Lipinski definition) is 0. The Hall–Kier alpha value is -1.16. The molecule has 3 nitrogen and oxygen atoms in total. The zero-order valence-electron chi connectivity index (χ0n) is 10.6. The maximum Gasteiger partial charge on any atom is 0.337 e. The van der Waals surface area contributed by atoms with Crippen molar-refractivity contribution in [2.75, 3.05) is 7.11 Å². The van der Waals surface area contributed by atoms with E-state index in [9.17, 15) is 9.00 Å². The summed E-state index contributed by atoms with van der Waals surface area (Å²) in [6.07, 6.45) is 4.59. The lowest BCUT2D eigenvalue weighted by Crippen LogP contribution is -2.12. The molecule has 1 aromatic carbocycles. The summed E-state index contributed by atoms with van der Waals surface area (Å²) in [6, 6.07) is 7.18. The number of benzene rings is 1. The van der Waals surface area contributed by atoms with Gasteiger partial charge in [0.05, 0.1) is 12.7 Å². The van der Waals surface area contributed by atoms with Crippen molar-refractivity contribution in [2.24, 2.45) is 0 Å². The van der Waals surface area contributed by atoms with E-state index in [1.165, 1.54) is 20.0 Å². The van der Waals surface area contributed by atoms with Crippen LogP contribution < -0.4 is 0 Å². The molecule has 1 fully saturated rings. The summed E-state index contributed by atoms with van der Waals surface area (Å²) in [4.78, 5) is 11.3. The summed E-state index contributed by atoms with van der Waals surface area (Å²) in [7, 11) is 0.585. The van der Waals surface area contributed by atoms with Gasteiger partial charge < -0.3 is 4.74 Å². The van der Waals surface area contributed by atoms with E-state index in [-0.39, 0.29) is 5.97 Å². The molecule has 2 rings (SSSR count). The van der Waals surface area contributed by atoms with Crippen LogP contribution in [0.3, 0.4) is 0 Å². The third-order valence-corrected chi connectivity index (χ3v) is 5.19. The summed E-state index contributed by atoms with van der Waals surface area (Å²) >= 11 is 0. The lowest BCUT2D eigenvalue weighted by molar-refractivity contribution is 0.0600. The van der Waals surface area contributed by atoms with E-state index >= 15 is 0 Å². The summed E-state index contributed by atoms with van der Waals surface area (Å²) in [5.74, 6) is 0.255. The Kier molecular flexibility index (Phi) is 4.53. The summed E-state index contributed by atoms with van der Waals surface area (Å²) in [6.45, 7) is 0. The molecule has 18 heavy (non-hydrogen) atoms. The molecule has 98 valence electrons. The molecular formula is C14H18O3S. The minimum absolute atomic E-state index is 0.335. The maximum absolute atomic E-state index is 12.1. The van der Waals surface area contributed by atoms with Crippen LogP contribution in [-0.4, -0.2) is 22.5 Å². The van der Waals surface area contributed by atoms with Gasteiger partial charge in [0.25, 0.3) is 0 Å². The van der Waals surface area contributed by atoms with Crippen molar-refractivity contribution in [3.63, 3.8) is 0 Å². The van der Waals surface area contributed by atoms with Crippen LogP contribution in [0.25, 0.3) is 0 Å². The van der Waals surface area contributed by atoms with Gasteiger partial charge in [0.2, 0.25) is 0 Å². The fourth-order valence-corrected chi connectivity index (χ4v) is 3.90. The van der Waals surface area contributed by atoms with E-state index in [0.29, 0.717) is 16.6 Å². The van der Waals surface area contributed by atoms with Gasteiger partial charge in [-0.25, -0.2) is 4.79 Å². The highest BCUT2D eigenvalue weighted by molar-refractivity contribution is 7.84.